The highest BCUT2D eigenvalue weighted by Gasteiger charge is 2.27. The molecule has 0 spiro atoms. The number of carbonyl (C=O) groups excluding carboxylic acids is 1. The summed E-state index contributed by atoms with van der Waals surface area (Å²) in [5.41, 5.74) is 2.03. The first kappa shape index (κ1) is 23.7. The molecule has 1 atom stereocenters. The Balaban J connectivity index is 1.24. The number of nitrogens with zero attached hydrogens (tertiary/aromatic N) is 7. The Morgan fingerprint density at radius 1 is 1.24 bits per heavy atom. The van der Waals surface area contributed by atoms with Gasteiger partial charge in [-0.15, -0.1) is 0 Å². The number of pyridine rings is 1. The van der Waals surface area contributed by atoms with Gasteiger partial charge in [-0.25, -0.2) is 10.1 Å². The molecule has 0 saturated carbocycles. The van der Waals surface area contributed by atoms with Crippen molar-refractivity contribution in [3.8, 4) is 6.07 Å². The molecule has 180 valence electrons. The highest BCUT2D eigenvalue weighted by Crippen LogP contribution is 2.28. The third-order valence-electron chi connectivity index (χ3n) is 6.85. The summed E-state index contributed by atoms with van der Waals surface area (Å²) in [5, 5.41) is 15.4. The van der Waals surface area contributed by atoms with Gasteiger partial charge in [0.1, 0.15) is 11.9 Å². The van der Waals surface area contributed by atoms with Crippen molar-refractivity contribution in [2.24, 2.45) is 0 Å². The van der Waals surface area contributed by atoms with Crippen molar-refractivity contribution in [3.05, 3.63) is 46.0 Å². The lowest BCUT2D eigenvalue weighted by Crippen LogP contribution is -2.51. The second kappa shape index (κ2) is 10.7. The van der Waals surface area contributed by atoms with Crippen molar-refractivity contribution in [1.29, 1.82) is 5.26 Å². The van der Waals surface area contributed by atoms with Crippen LogP contribution in [0.1, 0.15) is 30.4 Å². The molecule has 0 aromatic carbocycles. The van der Waals surface area contributed by atoms with Crippen LogP contribution in [0.3, 0.4) is 0 Å². The maximum Gasteiger partial charge on any atom is 0.269 e. The van der Waals surface area contributed by atoms with Crippen molar-refractivity contribution in [2.45, 2.75) is 32.2 Å². The van der Waals surface area contributed by atoms with E-state index in [2.05, 4.69) is 36.0 Å². The van der Waals surface area contributed by atoms with Crippen molar-refractivity contribution >= 4 is 17.4 Å². The first-order valence-corrected chi connectivity index (χ1v) is 11.8. The molecule has 2 aromatic heterocycles. The van der Waals surface area contributed by atoms with Crippen LogP contribution in [0.5, 0.6) is 0 Å². The lowest BCUT2D eigenvalue weighted by molar-refractivity contribution is -0.132. The first-order chi connectivity index (χ1) is 16.5. The fraction of sp³-hybridized carbons (Fsp3) is 0.542. The number of amides is 1. The number of H-pyrrole nitrogens is 1. The molecule has 2 fully saturated rings. The van der Waals surface area contributed by atoms with Gasteiger partial charge in [-0.2, -0.15) is 10.4 Å². The minimum absolute atomic E-state index is 0.138. The zero-order chi connectivity index (χ0) is 24.1. The van der Waals surface area contributed by atoms with Crippen molar-refractivity contribution in [3.63, 3.8) is 0 Å². The fourth-order valence-corrected chi connectivity index (χ4v) is 4.80. The molecule has 0 aliphatic carbocycles. The predicted molar refractivity (Wildman–Crippen MR) is 130 cm³/mol. The molecule has 1 N–H and O–H groups in total. The third kappa shape index (κ3) is 5.37. The van der Waals surface area contributed by atoms with Crippen LogP contribution in [0, 0.1) is 18.3 Å². The number of aromatic amines is 1. The lowest BCUT2D eigenvalue weighted by atomic mass is 10.1. The largest absolute Gasteiger partial charge is 0.367 e. The molecule has 1 amide bonds. The van der Waals surface area contributed by atoms with Crippen LogP contribution in [0.15, 0.2) is 29.3 Å². The molecule has 0 unspecified atom stereocenters. The molecule has 2 aliphatic rings. The van der Waals surface area contributed by atoms with Crippen LogP contribution < -0.4 is 15.4 Å². The number of anilines is 2. The summed E-state index contributed by atoms with van der Waals surface area (Å²) in [5.74, 6) is 0.989. The molecular formula is C24H32N8O2. The number of rotatable bonds is 7. The van der Waals surface area contributed by atoms with Crippen molar-refractivity contribution < 1.29 is 4.79 Å². The Kier molecular flexibility index (Phi) is 7.43. The van der Waals surface area contributed by atoms with Gasteiger partial charge in [0.2, 0.25) is 5.91 Å². The Labute approximate surface area is 199 Å². The molecule has 10 nitrogen and oxygen atoms in total. The number of nitrogens with one attached hydrogen (secondary N) is 1. The zero-order valence-electron chi connectivity index (χ0n) is 19.9. The predicted octanol–water partition coefficient (Wildman–Crippen LogP) is 0.985. The van der Waals surface area contributed by atoms with Gasteiger partial charge in [0.05, 0.1) is 24.0 Å². The number of hydrogen-bond acceptors (Lipinski definition) is 8. The molecular weight excluding hydrogens is 432 g/mol. The van der Waals surface area contributed by atoms with Crippen LogP contribution in [-0.2, 0) is 4.79 Å². The van der Waals surface area contributed by atoms with Crippen LogP contribution in [0.2, 0.25) is 0 Å². The molecule has 4 rings (SSSR count). The second-order valence-corrected chi connectivity index (χ2v) is 9.11. The minimum Gasteiger partial charge on any atom is -0.367 e. The number of carbonyl (C=O) groups is 1. The highest BCUT2D eigenvalue weighted by molar-refractivity contribution is 5.78. The zero-order valence-corrected chi connectivity index (χ0v) is 19.9. The maximum absolute atomic E-state index is 12.9. The molecule has 10 heteroatoms. The summed E-state index contributed by atoms with van der Waals surface area (Å²) in [6.07, 6.45) is 6.45. The van der Waals surface area contributed by atoms with Gasteiger partial charge in [0, 0.05) is 57.1 Å². The Morgan fingerprint density at radius 2 is 2.03 bits per heavy atom. The fourth-order valence-electron chi connectivity index (χ4n) is 4.80. The van der Waals surface area contributed by atoms with Gasteiger partial charge in [-0.05, 0) is 45.4 Å². The topological polar surface area (TPSA) is 112 Å². The van der Waals surface area contributed by atoms with Gasteiger partial charge >= 0.3 is 0 Å². The molecule has 0 radical (unpaired) electrons. The van der Waals surface area contributed by atoms with Crippen LogP contribution >= 0.6 is 0 Å². The smallest absolute Gasteiger partial charge is 0.269 e. The Bertz CT molecular complexity index is 1090. The molecule has 2 aromatic rings. The summed E-state index contributed by atoms with van der Waals surface area (Å²) in [4.78, 5) is 37.6. The SMILES string of the molecule is Cc1c(N2CCC[C@H]2CCN(C)CC(=O)N2CCN(c3ccc(C#N)cn3)CC2)cn[nH]c1=O. The summed E-state index contributed by atoms with van der Waals surface area (Å²) >= 11 is 0. The lowest BCUT2D eigenvalue weighted by Gasteiger charge is -2.36. The van der Waals surface area contributed by atoms with E-state index in [4.69, 9.17) is 5.26 Å². The van der Waals surface area contributed by atoms with Crippen molar-refractivity contribution in [2.75, 3.05) is 62.7 Å². The Morgan fingerprint density at radius 3 is 2.74 bits per heavy atom. The monoisotopic (exact) mass is 464 g/mol. The normalized spacial score (nSPS) is 18.4. The third-order valence-corrected chi connectivity index (χ3v) is 6.85. The number of piperazine rings is 1. The van der Waals surface area contributed by atoms with E-state index >= 15 is 0 Å². The van der Waals surface area contributed by atoms with Crippen molar-refractivity contribution in [1.82, 2.24) is 25.0 Å². The van der Waals surface area contributed by atoms with E-state index in [0.717, 1.165) is 56.9 Å². The standard InChI is InChI=1S/C24H32N8O2/c1-18-21(16-27-28-24(18)34)32-8-3-4-20(32)7-9-29(2)17-23(33)31-12-10-30(11-13-31)22-6-5-19(14-25)15-26-22/h5-6,15-16,20H,3-4,7-13,17H2,1-2H3,(H,28,34)/t20-/m0/s1. The molecule has 34 heavy (non-hydrogen) atoms. The van der Waals surface area contributed by atoms with Gasteiger partial charge < -0.3 is 14.7 Å². The van der Waals surface area contributed by atoms with E-state index in [9.17, 15) is 9.59 Å². The number of aromatic nitrogens is 3. The molecule has 2 aliphatic heterocycles. The number of hydrogen-bond donors (Lipinski definition) is 1. The van der Waals surface area contributed by atoms with Crippen LogP contribution in [0.25, 0.3) is 0 Å². The van der Waals surface area contributed by atoms with Crippen LogP contribution in [-0.4, -0.2) is 89.8 Å². The van der Waals surface area contributed by atoms with Gasteiger partial charge in [0.15, 0.2) is 0 Å². The van der Waals surface area contributed by atoms with E-state index < -0.39 is 0 Å². The highest BCUT2D eigenvalue weighted by atomic mass is 16.2. The molecule has 2 saturated heterocycles. The average Bonchev–Trinajstić information content (AvgIpc) is 3.33. The average molecular weight is 465 g/mol. The van der Waals surface area contributed by atoms with Crippen LogP contribution in [0.4, 0.5) is 11.5 Å². The van der Waals surface area contributed by atoms with Gasteiger partial charge in [-0.3, -0.25) is 14.5 Å². The molecule has 0 bridgehead atoms. The summed E-state index contributed by atoms with van der Waals surface area (Å²) in [6.45, 7) is 6.78. The summed E-state index contributed by atoms with van der Waals surface area (Å²) < 4.78 is 0. The van der Waals surface area contributed by atoms with E-state index in [1.165, 1.54) is 0 Å². The van der Waals surface area contributed by atoms with E-state index in [0.29, 0.717) is 36.8 Å². The van der Waals surface area contributed by atoms with E-state index in [1.54, 1.807) is 18.5 Å². The first-order valence-electron chi connectivity index (χ1n) is 11.8. The van der Waals surface area contributed by atoms with Gasteiger partial charge in [-0.1, -0.05) is 0 Å². The maximum atomic E-state index is 12.9. The number of nitriles is 1. The second-order valence-electron chi connectivity index (χ2n) is 9.11. The quantitative estimate of drug-likeness (QED) is 0.645. The number of likely N-dealkylation sites (N-methyl/N-ethyl adjacent to an activating group) is 1. The van der Waals surface area contributed by atoms with E-state index in [1.807, 2.05) is 24.9 Å². The molecule has 4 heterocycles. The summed E-state index contributed by atoms with van der Waals surface area (Å²) in [6, 6.07) is 6.07. The minimum atomic E-state index is -0.138. The van der Waals surface area contributed by atoms with E-state index in [-0.39, 0.29) is 11.5 Å². The summed E-state index contributed by atoms with van der Waals surface area (Å²) in [7, 11) is 1.99. The Hall–Kier alpha value is -3.45. The van der Waals surface area contributed by atoms with Gasteiger partial charge in [0.25, 0.3) is 5.56 Å².